The molecule has 2 aromatic rings. The molecule has 2 rings (SSSR count). The molecule has 0 atom stereocenters. The van der Waals surface area contributed by atoms with E-state index in [1.54, 1.807) is 31.1 Å². The Balaban J connectivity index is 2.04. The van der Waals surface area contributed by atoms with Crippen LogP contribution in [0.25, 0.3) is 0 Å². The van der Waals surface area contributed by atoms with Gasteiger partial charge in [0.15, 0.2) is 0 Å². The summed E-state index contributed by atoms with van der Waals surface area (Å²) in [4.78, 5) is 1.81. The van der Waals surface area contributed by atoms with E-state index in [4.69, 9.17) is 0 Å². The van der Waals surface area contributed by atoms with Crippen molar-refractivity contribution in [3.05, 3.63) is 65.7 Å². The SMILES string of the molecule is CN(C)C=NS(=O)(=O)c1ccc(CCc2ccccc2)cc1. The second-order valence-corrected chi connectivity index (χ2v) is 6.92. The van der Waals surface area contributed by atoms with Crippen LogP contribution in [0.2, 0.25) is 0 Å². The van der Waals surface area contributed by atoms with E-state index < -0.39 is 10.0 Å². The van der Waals surface area contributed by atoms with Crippen LogP contribution in [0.3, 0.4) is 0 Å². The number of benzene rings is 2. The van der Waals surface area contributed by atoms with Gasteiger partial charge in [0.05, 0.1) is 4.90 Å². The Labute approximate surface area is 132 Å². The fourth-order valence-corrected chi connectivity index (χ4v) is 2.89. The molecule has 0 aliphatic rings. The minimum atomic E-state index is -3.61. The van der Waals surface area contributed by atoms with Crippen LogP contribution < -0.4 is 0 Å². The molecule has 0 aliphatic heterocycles. The van der Waals surface area contributed by atoms with Gasteiger partial charge in [-0.2, -0.15) is 8.42 Å². The topological polar surface area (TPSA) is 49.7 Å². The van der Waals surface area contributed by atoms with E-state index in [9.17, 15) is 8.42 Å². The quantitative estimate of drug-likeness (QED) is 0.608. The van der Waals surface area contributed by atoms with Crippen LogP contribution >= 0.6 is 0 Å². The molecule has 4 nitrogen and oxygen atoms in total. The van der Waals surface area contributed by atoms with E-state index in [-0.39, 0.29) is 4.90 Å². The lowest BCUT2D eigenvalue weighted by molar-refractivity contribution is 0.594. The van der Waals surface area contributed by atoms with Gasteiger partial charge in [0.1, 0.15) is 6.34 Å². The maximum absolute atomic E-state index is 12.0. The molecule has 0 N–H and O–H groups in total. The standard InChI is InChI=1S/C17H20N2O2S/c1-19(2)14-18-22(20,21)17-12-10-16(11-13-17)9-8-15-6-4-3-5-7-15/h3-7,10-14H,8-9H2,1-2H3. The molecule has 5 heteroatoms. The fraction of sp³-hybridized carbons (Fsp3) is 0.235. The zero-order chi connectivity index (χ0) is 16.0. The Morgan fingerprint density at radius 3 is 2.00 bits per heavy atom. The van der Waals surface area contributed by atoms with E-state index in [1.165, 1.54) is 11.9 Å². The van der Waals surface area contributed by atoms with Crippen LogP contribution in [-0.2, 0) is 22.9 Å². The van der Waals surface area contributed by atoms with Crippen LogP contribution in [0, 0.1) is 0 Å². The Morgan fingerprint density at radius 1 is 0.909 bits per heavy atom. The molecule has 2 aromatic carbocycles. The summed E-state index contributed by atoms with van der Waals surface area (Å²) in [5.41, 5.74) is 2.38. The van der Waals surface area contributed by atoms with E-state index in [0.717, 1.165) is 18.4 Å². The summed E-state index contributed by atoms with van der Waals surface area (Å²) in [5, 5.41) is 0. The molecule has 116 valence electrons. The van der Waals surface area contributed by atoms with Gasteiger partial charge in [-0.25, -0.2) is 0 Å². The minimum absolute atomic E-state index is 0.217. The molecule has 0 aliphatic carbocycles. The van der Waals surface area contributed by atoms with E-state index in [0.29, 0.717) is 0 Å². The first kappa shape index (κ1) is 16.2. The van der Waals surface area contributed by atoms with Gasteiger partial charge in [0.2, 0.25) is 0 Å². The summed E-state index contributed by atoms with van der Waals surface area (Å²) >= 11 is 0. The number of nitrogens with zero attached hydrogens (tertiary/aromatic N) is 2. The van der Waals surface area contributed by atoms with Crippen molar-refractivity contribution in [3.63, 3.8) is 0 Å². The predicted molar refractivity (Wildman–Crippen MR) is 89.7 cm³/mol. The van der Waals surface area contributed by atoms with Crippen molar-refractivity contribution in [1.82, 2.24) is 4.90 Å². The summed E-state index contributed by atoms with van der Waals surface area (Å²) in [7, 11) is -0.156. The van der Waals surface area contributed by atoms with Gasteiger partial charge in [-0.1, -0.05) is 42.5 Å². The second kappa shape index (κ2) is 7.22. The monoisotopic (exact) mass is 316 g/mol. The molecule has 0 bridgehead atoms. The van der Waals surface area contributed by atoms with Crippen LogP contribution in [0.15, 0.2) is 63.9 Å². The van der Waals surface area contributed by atoms with Gasteiger partial charge in [0, 0.05) is 14.1 Å². The van der Waals surface area contributed by atoms with Gasteiger partial charge in [0.25, 0.3) is 10.0 Å². The van der Waals surface area contributed by atoms with Crippen LogP contribution in [0.4, 0.5) is 0 Å². The first-order valence-corrected chi connectivity index (χ1v) is 8.51. The zero-order valence-corrected chi connectivity index (χ0v) is 13.6. The first-order chi connectivity index (χ1) is 10.5. The highest BCUT2D eigenvalue weighted by molar-refractivity contribution is 7.90. The van der Waals surface area contributed by atoms with Crippen LogP contribution in [0.5, 0.6) is 0 Å². The molecule has 0 fully saturated rings. The predicted octanol–water partition coefficient (Wildman–Crippen LogP) is 2.75. The van der Waals surface area contributed by atoms with E-state index in [2.05, 4.69) is 16.5 Å². The number of hydrogen-bond acceptors (Lipinski definition) is 2. The summed E-state index contributed by atoms with van der Waals surface area (Å²) in [6, 6.07) is 17.1. The van der Waals surface area contributed by atoms with Crippen LogP contribution in [-0.4, -0.2) is 33.8 Å². The van der Waals surface area contributed by atoms with E-state index in [1.807, 2.05) is 30.3 Å². The summed E-state index contributed by atoms with van der Waals surface area (Å²) < 4.78 is 27.6. The molecule has 0 aromatic heterocycles. The smallest absolute Gasteiger partial charge is 0.283 e. The normalized spacial score (nSPS) is 11.7. The highest BCUT2D eigenvalue weighted by Gasteiger charge is 2.11. The largest absolute Gasteiger partial charge is 0.368 e. The van der Waals surface area contributed by atoms with Crippen LogP contribution in [0.1, 0.15) is 11.1 Å². The van der Waals surface area contributed by atoms with Gasteiger partial charge in [-0.3, -0.25) is 0 Å². The average Bonchev–Trinajstić information content (AvgIpc) is 2.52. The van der Waals surface area contributed by atoms with Crippen molar-refractivity contribution in [3.8, 4) is 0 Å². The lowest BCUT2D eigenvalue weighted by Crippen LogP contribution is -2.10. The minimum Gasteiger partial charge on any atom is -0.368 e. The highest BCUT2D eigenvalue weighted by atomic mass is 32.2. The van der Waals surface area contributed by atoms with Crippen molar-refractivity contribution in [2.75, 3.05) is 14.1 Å². The number of sulfonamides is 1. The third-order valence-electron chi connectivity index (χ3n) is 3.18. The molecule has 0 radical (unpaired) electrons. The third-order valence-corrected chi connectivity index (χ3v) is 4.42. The maximum atomic E-state index is 12.0. The Kier molecular flexibility index (Phi) is 5.33. The Hall–Kier alpha value is -2.14. The van der Waals surface area contributed by atoms with Gasteiger partial charge in [-0.15, -0.1) is 4.40 Å². The first-order valence-electron chi connectivity index (χ1n) is 7.07. The zero-order valence-electron chi connectivity index (χ0n) is 12.8. The molecule has 0 saturated carbocycles. The molecule has 0 heterocycles. The van der Waals surface area contributed by atoms with Gasteiger partial charge < -0.3 is 4.90 Å². The molecule has 22 heavy (non-hydrogen) atoms. The van der Waals surface area contributed by atoms with Gasteiger partial charge >= 0.3 is 0 Å². The Bertz CT molecular complexity index is 721. The maximum Gasteiger partial charge on any atom is 0.283 e. The van der Waals surface area contributed by atoms with Gasteiger partial charge in [-0.05, 0) is 36.1 Å². The summed E-state index contributed by atoms with van der Waals surface area (Å²) in [6.07, 6.45) is 3.11. The fourth-order valence-electron chi connectivity index (χ4n) is 1.98. The molecule has 0 spiro atoms. The van der Waals surface area contributed by atoms with Crippen molar-refractivity contribution in [1.29, 1.82) is 0 Å². The summed E-state index contributed by atoms with van der Waals surface area (Å²) in [5.74, 6) is 0. The molecular formula is C17H20N2O2S. The number of rotatable bonds is 6. The number of aryl methyl sites for hydroxylation is 2. The molecule has 0 saturated heterocycles. The van der Waals surface area contributed by atoms with Crippen molar-refractivity contribution >= 4 is 16.4 Å². The average molecular weight is 316 g/mol. The molecule has 0 unspecified atom stereocenters. The highest BCUT2D eigenvalue weighted by Crippen LogP contribution is 2.14. The molecular weight excluding hydrogens is 296 g/mol. The van der Waals surface area contributed by atoms with Crippen molar-refractivity contribution in [2.24, 2.45) is 4.40 Å². The van der Waals surface area contributed by atoms with Crippen molar-refractivity contribution < 1.29 is 8.42 Å². The molecule has 0 amide bonds. The lowest BCUT2D eigenvalue weighted by Gasteiger charge is -2.05. The Morgan fingerprint density at radius 2 is 1.45 bits per heavy atom. The lowest BCUT2D eigenvalue weighted by atomic mass is 10.0. The van der Waals surface area contributed by atoms with E-state index >= 15 is 0 Å². The third kappa shape index (κ3) is 4.70. The number of hydrogen-bond donors (Lipinski definition) is 0. The summed E-state index contributed by atoms with van der Waals surface area (Å²) in [6.45, 7) is 0. The van der Waals surface area contributed by atoms with Crippen molar-refractivity contribution in [2.45, 2.75) is 17.7 Å². The second-order valence-electron chi connectivity index (χ2n) is 5.29.